The fourth-order valence-electron chi connectivity index (χ4n) is 2.48. The van der Waals surface area contributed by atoms with Crippen LogP contribution in [0.4, 0.5) is 0 Å². The third-order valence-electron chi connectivity index (χ3n) is 3.66. The van der Waals surface area contributed by atoms with E-state index >= 15 is 0 Å². The van der Waals surface area contributed by atoms with Crippen LogP contribution in [0.1, 0.15) is 78.4 Å². The highest BCUT2D eigenvalue weighted by Gasteiger charge is 2.28. The standard InChI is InChI=1S/C19H32O3/c1-9-21-17(22-10-2)13-11-14(18(3,4)5)16(20)15(12-13)19(6,7)8/h11-12,17,20H,9-10H2,1-8H3. The molecule has 0 radical (unpaired) electrons. The van der Waals surface area contributed by atoms with Crippen molar-refractivity contribution in [3.63, 3.8) is 0 Å². The van der Waals surface area contributed by atoms with Gasteiger partial charge in [0.1, 0.15) is 5.75 Å². The van der Waals surface area contributed by atoms with Crippen molar-refractivity contribution in [2.24, 2.45) is 0 Å². The van der Waals surface area contributed by atoms with Crippen molar-refractivity contribution in [3.05, 3.63) is 28.8 Å². The highest BCUT2D eigenvalue weighted by molar-refractivity contribution is 5.50. The molecule has 3 nitrogen and oxygen atoms in total. The molecule has 0 amide bonds. The average molecular weight is 308 g/mol. The Bertz CT molecular complexity index is 451. The van der Waals surface area contributed by atoms with E-state index in [-0.39, 0.29) is 10.8 Å². The van der Waals surface area contributed by atoms with Gasteiger partial charge in [-0.25, -0.2) is 0 Å². The molecule has 0 aliphatic heterocycles. The Kier molecular flexibility index (Phi) is 6.05. The monoisotopic (exact) mass is 308 g/mol. The topological polar surface area (TPSA) is 38.7 Å². The molecule has 0 saturated heterocycles. The van der Waals surface area contributed by atoms with Gasteiger partial charge in [0, 0.05) is 18.8 Å². The van der Waals surface area contributed by atoms with E-state index in [1.165, 1.54) is 0 Å². The van der Waals surface area contributed by atoms with Crippen LogP contribution >= 0.6 is 0 Å². The quantitative estimate of drug-likeness (QED) is 0.773. The summed E-state index contributed by atoms with van der Waals surface area (Å²) in [6.45, 7) is 17.7. The van der Waals surface area contributed by atoms with Crippen molar-refractivity contribution in [2.45, 2.75) is 72.5 Å². The van der Waals surface area contributed by atoms with Crippen LogP contribution in [0.25, 0.3) is 0 Å². The van der Waals surface area contributed by atoms with Crippen molar-refractivity contribution in [2.75, 3.05) is 13.2 Å². The molecule has 1 aromatic carbocycles. The highest BCUT2D eigenvalue weighted by atomic mass is 16.7. The van der Waals surface area contributed by atoms with Crippen LogP contribution < -0.4 is 0 Å². The van der Waals surface area contributed by atoms with Crippen molar-refractivity contribution < 1.29 is 14.6 Å². The highest BCUT2D eigenvalue weighted by Crippen LogP contribution is 2.41. The van der Waals surface area contributed by atoms with Gasteiger partial charge >= 0.3 is 0 Å². The Balaban J connectivity index is 3.52. The Morgan fingerprint density at radius 3 is 1.50 bits per heavy atom. The number of benzene rings is 1. The predicted molar refractivity (Wildman–Crippen MR) is 91.5 cm³/mol. The van der Waals surface area contributed by atoms with Gasteiger partial charge in [0.15, 0.2) is 6.29 Å². The summed E-state index contributed by atoms with van der Waals surface area (Å²) in [6.07, 6.45) is -0.391. The third kappa shape index (κ3) is 4.47. The number of ether oxygens (including phenoxy) is 2. The smallest absolute Gasteiger partial charge is 0.183 e. The molecule has 0 saturated carbocycles. The summed E-state index contributed by atoms with van der Waals surface area (Å²) in [5.41, 5.74) is 2.53. The van der Waals surface area contributed by atoms with E-state index in [2.05, 4.69) is 41.5 Å². The van der Waals surface area contributed by atoms with Crippen LogP contribution in [0.3, 0.4) is 0 Å². The first-order valence-electron chi connectivity index (χ1n) is 8.13. The van der Waals surface area contributed by atoms with Crippen molar-refractivity contribution >= 4 is 0 Å². The first-order valence-corrected chi connectivity index (χ1v) is 8.13. The molecule has 0 bridgehead atoms. The van der Waals surface area contributed by atoms with Crippen LogP contribution in [0.2, 0.25) is 0 Å². The number of hydrogen-bond acceptors (Lipinski definition) is 3. The second kappa shape index (κ2) is 7.01. The number of rotatable bonds is 5. The Morgan fingerprint density at radius 2 is 1.23 bits per heavy atom. The normalized spacial score (nSPS) is 13.0. The summed E-state index contributed by atoms with van der Waals surface area (Å²) in [4.78, 5) is 0. The van der Waals surface area contributed by atoms with E-state index in [0.29, 0.717) is 19.0 Å². The summed E-state index contributed by atoms with van der Waals surface area (Å²) in [7, 11) is 0. The molecule has 22 heavy (non-hydrogen) atoms. The first kappa shape index (κ1) is 19.0. The molecule has 1 N–H and O–H groups in total. The van der Waals surface area contributed by atoms with E-state index in [1.807, 2.05) is 26.0 Å². The van der Waals surface area contributed by atoms with Crippen LogP contribution in [0.15, 0.2) is 12.1 Å². The van der Waals surface area contributed by atoms with Gasteiger partial charge in [0.2, 0.25) is 0 Å². The zero-order valence-corrected chi connectivity index (χ0v) is 15.4. The van der Waals surface area contributed by atoms with Gasteiger partial charge < -0.3 is 14.6 Å². The summed E-state index contributed by atoms with van der Waals surface area (Å²) in [5.74, 6) is 0.385. The molecular formula is C19H32O3. The van der Waals surface area contributed by atoms with Crippen LogP contribution in [0, 0.1) is 0 Å². The molecular weight excluding hydrogens is 276 g/mol. The summed E-state index contributed by atoms with van der Waals surface area (Å²) in [5, 5.41) is 10.7. The minimum atomic E-state index is -0.391. The number of aromatic hydroxyl groups is 1. The van der Waals surface area contributed by atoms with Gasteiger partial charge in [-0.15, -0.1) is 0 Å². The van der Waals surface area contributed by atoms with Crippen molar-refractivity contribution in [1.29, 1.82) is 0 Å². The molecule has 0 aliphatic rings. The molecule has 3 heteroatoms. The molecule has 126 valence electrons. The lowest BCUT2D eigenvalue weighted by molar-refractivity contribution is -0.140. The minimum Gasteiger partial charge on any atom is -0.507 e. The number of phenols is 1. The average Bonchev–Trinajstić information content (AvgIpc) is 2.36. The van der Waals surface area contributed by atoms with Gasteiger partial charge in [0.05, 0.1) is 0 Å². The van der Waals surface area contributed by atoms with E-state index in [4.69, 9.17) is 9.47 Å². The van der Waals surface area contributed by atoms with E-state index in [1.54, 1.807) is 0 Å². The number of hydrogen-bond donors (Lipinski definition) is 1. The molecule has 0 spiro atoms. The molecule has 0 fully saturated rings. The largest absolute Gasteiger partial charge is 0.507 e. The molecule has 0 atom stereocenters. The molecule has 0 heterocycles. The van der Waals surface area contributed by atoms with Gasteiger partial charge in [-0.1, -0.05) is 41.5 Å². The summed E-state index contributed by atoms with van der Waals surface area (Å²) < 4.78 is 11.5. The second-order valence-corrected chi connectivity index (χ2v) is 7.71. The van der Waals surface area contributed by atoms with E-state index in [0.717, 1.165) is 16.7 Å². The van der Waals surface area contributed by atoms with Gasteiger partial charge in [-0.2, -0.15) is 0 Å². The second-order valence-electron chi connectivity index (χ2n) is 7.71. The molecule has 1 rings (SSSR count). The fraction of sp³-hybridized carbons (Fsp3) is 0.684. The van der Waals surface area contributed by atoms with Crippen molar-refractivity contribution in [3.8, 4) is 5.75 Å². The zero-order valence-electron chi connectivity index (χ0n) is 15.4. The summed E-state index contributed by atoms with van der Waals surface area (Å²) in [6, 6.07) is 4.03. The lowest BCUT2D eigenvalue weighted by Crippen LogP contribution is -2.19. The molecule has 0 unspecified atom stereocenters. The van der Waals surface area contributed by atoms with E-state index in [9.17, 15) is 5.11 Å². The van der Waals surface area contributed by atoms with Crippen LogP contribution in [0.5, 0.6) is 5.75 Å². The first-order chi connectivity index (χ1) is 10.0. The van der Waals surface area contributed by atoms with Gasteiger partial charge in [-0.3, -0.25) is 0 Å². The Morgan fingerprint density at radius 1 is 0.864 bits per heavy atom. The van der Waals surface area contributed by atoms with Crippen LogP contribution in [-0.4, -0.2) is 18.3 Å². The Labute approximate surface area is 135 Å². The molecule has 0 aromatic heterocycles. The lowest BCUT2D eigenvalue weighted by Gasteiger charge is -2.29. The maximum absolute atomic E-state index is 10.7. The minimum absolute atomic E-state index is 0.150. The Hall–Kier alpha value is -1.06. The predicted octanol–water partition coefficient (Wildman–Crippen LogP) is 5.06. The van der Waals surface area contributed by atoms with Gasteiger partial charge in [-0.05, 0) is 47.9 Å². The van der Waals surface area contributed by atoms with E-state index < -0.39 is 6.29 Å². The van der Waals surface area contributed by atoms with Gasteiger partial charge in [0.25, 0.3) is 0 Å². The van der Waals surface area contributed by atoms with Crippen molar-refractivity contribution in [1.82, 2.24) is 0 Å². The molecule has 0 aliphatic carbocycles. The lowest BCUT2D eigenvalue weighted by atomic mass is 9.78. The SMILES string of the molecule is CCOC(OCC)c1cc(C(C)(C)C)c(O)c(C(C)(C)C)c1. The number of phenolic OH excluding ortho intramolecular Hbond substituents is 1. The maximum Gasteiger partial charge on any atom is 0.183 e. The third-order valence-corrected chi connectivity index (χ3v) is 3.66. The maximum atomic E-state index is 10.7. The zero-order chi connectivity index (χ0) is 17.1. The summed E-state index contributed by atoms with van der Waals surface area (Å²) >= 11 is 0. The van der Waals surface area contributed by atoms with Crippen LogP contribution in [-0.2, 0) is 20.3 Å². The molecule has 1 aromatic rings. The fourth-order valence-corrected chi connectivity index (χ4v) is 2.48.